The van der Waals surface area contributed by atoms with E-state index in [-0.39, 0.29) is 0 Å². The first-order chi connectivity index (χ1) is 6.68. The maximum Gasteiger partial charge on any atom is 0.112 e. The quantitative estimate of drug-likeness (QED) is 0.594. The van der Waals surface area contributed by atoms with Crippen LogP contribution in [-0.2, 0) is 0 Å². The minimum Gasteiger partial charge on any atom is -0.358 e. The van der Waals surface area contributed by atoms with Crippen LogP contribution in [0.2, 0.25) is 0 Å². The van der Waals surface area contributed by atoms with Crippen LogP contribution in [0.15, 0.2) is 12.4 Å². The topological polar surface area (TPSA) is 13.0 Å². The molecule has 0 saturated carbocycles. The highest BCUT2D eigenvalue weighted by Gasteiger charge is 2.26. The molecule has 1 fully saturated rings. The average molecular weight is 196 g/mol. The summed E-state index contributed by atoms with van der Waals surface area (Å²) < 4.78 is 0. The normalized spacial score (nSPS) is 30.4. The van der Waals surface area contributed by atoms with Gasteiger partial charge in [0, 0.05) is 45.6 Å². The van der Waals surface area contributed by atoms with Gasteiger partial charge in [0.2, 0.25) is 0 Å². The molecule has 0 radical (unpaired) electrons. The zero-order valence-corrected chi connectivity index (χ0v) is 9.35. The second kappa shape index (κ2) is 3.79. The fourth-order valence-corrected chi connectivity index (χ4v) is 1.97. The molecule has 0 aliphatic carbocycles. The Balaban J connectivity index is 1.93. The number of piperazine rings is 1. The Morgan fingerprint density at radius 2 is 1.64 bits per heavy atom. The van der Waals surface area contributed by atoms with Gasteiger partial charge < -0.3 is 9.80 Å². The molecule has 1 atom stereocenters. The van der Waals surface area contributed by atoms with Gasteiger partial charge in [-0.05, 0) is 14.0 Å². The van der Waals surface area contributed by atoms with E-state index in [9.17, 15) is 0 Å². The lowest BCUT2D eigenvalue weighted by molar-refractivity contribution is -0.0569. The summed E-state index contributed by atoms with van der Waals surface area (Å²) in [6.45, 7) is 6.85. The number of hydrogen-bond acceptors (Lipinski definition) is 4. The van der Waals surface area contributed by atoms with Crippen LogP contribution in [0.1, 0.15) is 6.92 Å². The number of nitrogens with zero attached hydrogens (tertiary/aromatic N) is 4. The molecule has 0 aromatic carbocycles. The van der Waals surface area contributed by atoms with Crippen molar-refractivity contribution in [2.45, 2.75) is 13.1 Å². The van der Waals surface area contributed by atoms with Gasteiger partial charge in [-0.25, -0.2) is 5.01 Å². The largest absolute Gasteiger partial charge is 0.358 e. The first-order valence-electron chi connectivity index (χ1n) is 5.30. The minimum atomic E-state index is 0.471. The van der Waals surface area contributed by atoms with E-state index in [1.807, 2.05) is 0 Å². The second-order valence-electron chi connectivity index (χ2n) is 4.23. The smallest absolute Gasteiger partial charge is 0.112 e. The molecule has 2 aliphatic heterocycles. The molecule has 1 unspecified atom stereocenters. The summed E-state index contributed by atoms with van der Waals surface area (Å²) in [6.07, 6.45) is 4.79. The lowest BCUT2D eigenvalue weighted by Crippen LogP contribution is -2.53. The Labute approximate surface area is 86.3 Å². The van der Waals surface area contributed by atoms with Crippen LogP contribution in [0, 0.1) is 0 Å². The molecule has 2 rings (SSSR count). The molecule has 4 heteroatoms. The molecule has 0 spiro atoms. The van der Waals surface area contributed by atoms with Gasteiger partial charge in [0.05, 0.1) is 0 Å². The van der Waals surface area contributed by atoms with Gasteiger partial charge in [0.25, 0.3) is 0 Å². The zero-order valence-electron chi connectivity index (χ0n) is 9.35. The molecule has 2 heterocycles. The van der Waals surface area contributed by atoms with Gasteiger partial charge in [-0.1, -0.05) is 0 Å². The van der Waals surface area contributed by atoms with Crippen LogP contribution >= 0.6 is 0 Å². The Morgan fingerprint density at radius 3 is 2.14 bits per heavy atom. The van der Waals surface area contributed by atoms with Crippen molar-refractivity contribution in [1.82, 2.24) is 19.8 Å². The van der Waals surface area contributed by atoms with Gasteiger partial charge >= 0.3 is 0 Å². The molecule has 0 N–H and O–H groups in total. The van der Waals surface area contributed by atoms with Crippen LogP contribution in [0.5, 0.6) is 0 Å². The number of hydrazine groups is 1. The Bertz CT molecular complexity index is 220. The second-order valence-corrected chi connectivity index (χ2v) is 4.23. The van der Waals surface area contributed by atoms with E-state index >= 15 is 0 Å². The molecule has 0 amide bonds. The van der Waals surface area contributed by atoms with Crippen LogP contribution < -0.4 is 0 Å². The molecular formula is C10H20N4. The third-order valence-corrected chi connectivity index (χ3v) is 3.23. The summed E-state index contributed by atoms with van der Waals surface area (Å²) in [7, 11) is 4.31. The molecule has 0 bridgehead atoms. The molecule has 0 aromatic rings. The van der Waals surface area contributed by atoms with Gasteiger partial charge in [-0.15, -0.1) is 0 Å². The van der Waals surface area contributed by atoms with Crippen molar-refractivity contribution < 1.29 is 0 Å². The highest BCUT2D eigenvalue weighted by atomic mass is 15.7. The van der Waals surface area contributed by atoms with Crippen molar-refractivity contribution in [3.8, 4) is 0 Å². The molecular weight excluding hydrogens is 176 g/mol. The monoisotopic (exact) mass is 196 g/mol. The molecule has 0 aromatic heterocycles. The summed E-state index contributed by atoms with van der Waals surface area (Å²) in [6, 6.07) is 0. The number of likely N-dealkylation sites (N-methyl/N-ethyl adjacent to an activating group) is 1. The Morgan fingerprint density at radius 1 is 1.00 bits per heavy atom. The fourth-order valence-electron chi connectivity index (χ4n) is 1.97. The van der Waals surface area contributed by atoms with Crippen molar-refractivity contribution in [3.05, 3.63) is 12.4 Å². The third-order valence-electron chi connectivity index (χ3n) is 3.23. The molecule has 4 nitrogen and oxygen atoms in total. The predicted molar refractivity (Wildman–Crippen MR) is 57.3 cm³/mol. The number of rotatable bonds is 1. The van der Waals surface area contributed by atoms with E-state index in [0.29, 0.717) is 6.17 Å². The first kappa shape index (κ1) is 9.80. The lowest BCUT2D eigenvalue weighted by Gasteiger charge is -2.41. The van der Waals surface area contributed by atoms with E-state index < -0.39 is 0 Å². The maximum absolute atomic E-state index is 2.44. The summed E-state index contributed by atoms with van der Waals surface area (Å²) in [5.74, 6) is 0. The number of hydrogen-bond donors (Lipinski definition) is 0. The average Bonchev–Trinajstić information content (AvgIpc) is 2.50. The van der Waals surface area contributed by atoms with Gasteiger partial charge in [-0.2, -0.15) is 0 Å². The third kappa shape index (κ3) is 1.72. The van der Waals surface area contributed by atoms with Crippen molar-refractivity contribution in [3.63, 3.8) is 0 Å². The summed E-state index contributed by atoms with van der Waals surface area (Å²) in [4.78, 5) is 4.61. The van der Waals surface area contributed by atoms with E-state index in [4.69, 9.17) is 0 Å². The summed E-state index contributed by atoms with van der Waals surface area (Å²) in [5, 5.41) is 4.78. The van der Waals surface area contributed by atoms with E-state index in [1.54, 1.807) is 0 Å². The minimum absolute atomic E-state index is 0.471. The van der Waals surface area contributed by atoms with Gasteiger partial charge in [0.1, 0.15) is 6.17 Å². The van der Waals surface area contributed by atoms with E-state index in [1.165, 1.54) is 13.1 Å². The maximum atomic E-state index is 2.44. The molecule has 14 heavy (non-hydrogen) atoms. The highest BCUT2D eigenvalue weighted by molar-refractivity contribution is 4.93. The van der Waals surface area contributed by atoms with Crippen LogP contribution in [-0.4, -0.2) is 66.3 Å². The predicted octanol–water partition coefficient (Wildman–Crippen LogP) is 0.213. The van der Waals surface area contributed by atoms with Gasteiger partial charge in [0.15, 0.2) is 0 Å². The standard InChI is InChI=1S/C10H20N4/c1-10-12(3)6-9-14(10)13-7-4-11(2)5-8-13/h6,9-10H,4-5,7-8H2,1-3H3. The van der Waals surface area contributed by atoms with Crippen molar-refractivity contribution in [1.29, 1.82) is 0 Å². The molecule has 2 aliphatic rings. The Hall–Kier alpha value is -0.740. The first-order valence-corrected chi connectivity index (χ1v) is 5.30. The molecule has 1 saturated heterocycles. The molecule has 80 valence electrons. The van der Waals surface area contributed by atoms with Gasteiger partial charge in [-0.3, -0.25) is 5.01 Å². The van der Waals surface area contributed by atoms with Crippen molar-refractivity contribution >= 4 is 0 Å². The zero-order chi connectivity index (χ0) is 10.1. The van der Waals surface area contributed by atoms with Crippen molar-refractivity contribution in [2.75, 3.05) is 40.3 Å². The summed E-state index contributed by atoms with van der Waals surface area (Å²) >= 11 is 0. The van der Waals surface area contributed by atoms with Crippen molar-refractivity contribution in [2.24, 2.45) is 0 Å². The van der Waals surface area contributed by atoms with Crippen LogP contribution in [0.4, 0.5) is 0 Å². The van der Waals surface area contributed by atoms with E-state index in [0.717, 1.165) is 13.1 Å². The van der Waals surface area contributed by atoms with Crippen LogP contribution in [0.3, 0.4) is 0 Å². The lowest BCUT2D eigenvalue weighted by atomic mass is 10.4. The highest BCUT2D eigenvalue weighted by Crippen LogP contribution is 2.17. The van der Waals surface area contributed by atoms with Crippen LogP contribution in [0.25, 0.3) is 0 Å². The SMILES string of the molecule is CC1N(C)C=CN1N1CCN(C)CC1. The van der Waals surface area contributed by atoms with E-state index in [2.05, 4.69) is 53.2 Å². The summed E-state index contributed by atoms with van der Waals surface area (Å²) in [5.41, 5.74) is 0. The Kier molecular flexibility index (Phi) is 2.65. The fraction of sp³-hybridized carbons (Fsp3) is 0.800.